The van der Waals surface area contributed by atoms with Crippen LogP contribution < -0.4 is 5.32 Å². The zero-order chi connectivity index (χ0) is 12.1. The molecule has 0 heterocycles. The number of carbonyl (C=O) groups excluding carboxylic acids is 2. The monoisotopic (exact) mass is 245 g/mol. The van der Waals surface area contributed by atoms with E-state index >= 15 is 0 Å². The van der Waals surface area contributed by atoms with Gasteiger partial charge in [0.15, 0.2) is 0 Å². The van der Waals surface area contributed by atoms with E-state index in [4.69, 9.17) is 11.6 Å². The molecule has 0 aliphatic rings. The van der Waals surface area contributed by atoms with Gasteiger partial charge in [-0.15, -0.1) is 0 Å². The lowest BCUT2D eigenvalue weighted by Gasteiger charge is -2.05. The summed E-state index contributed by atoms with van der Waals surface area (Å²) in [6, 6.07) is 3.68. The lowest BCUT2D eigenvalue weighted by atomic mass is 10.3. The third-order valence-corrected chi connectivity index (χ3v) is 1.88. The number of hydrogen-bond acceptors (Lipinski definition) is 3. The third-order valence-electron chi connectivity index (χ3n) is 1.64. The number of benzene rings is 1. The first kappa shape index (κ1) is 12.4. The van der Waals surface area contributed by atoms with Gasteiger partial charge in [0, 0.05) is 5.02 Å². The predicted octanol–water partition coefficient (Wildman–Crippen LogP) is 1.98. The molecule has 0 aromatic heterocycles. The Hall–Kier alpha value is -1.62. The summed E-state index contributed by atoms with van der Waals surface area (Å²) in [7, 11) is 0. The summed E-state index contributed by atoms with van der Waals surface area (Å²) in [6.45, 7) is 1.64. The van der Waals surface area contributed by atoms with Gasteiger partial charge in [0.25, 0.3) is 0 Å². The molecule has 0 saturated carbocycles. The molecule has 16 heavy (non-hydrogen) atoms. The molecule has 0 aliphatic heterocycles. The van der Waals surface area contributed by atoms with E-state index in [0.717, 1.165) is 6.07 Å². The zero-order valence-electron chi connectivity index (χ0n) is 8.42. The molecule has 1 N–H and O–H groups in total. The number of rotatable bonds is 2. The van der Waals surface area contributed by atoms with Crippen LogP contribution >= 0.6 is 11.6 Å². The van der Waals surface area contributed by atoms with Crippen LogP contribution in [-0.4, -0.2) is 18.5 Å². The molecule has 0 unspecified atom stereocenters. The summed E-state index contributed by atoms with van der Waals surface area (Å²) in [5, 5.41) is 2.28. The smallest absolute Gasteiger partial charge is 0.397 e. The fraction of sp³-hybridized carbons (Fsp3) is 0.200. The minimum Gasteiger partial charge on any atom is -0.459 e. The zero-order valence-corrected chi connectivity index (χ0v) is 9.18. The van der Waals surface area contributed by atoms with Gasteiger partial charge in [-0.25, -0.2) is 9.18 Å². The minimum atomic E-state index is -1.06. The van der Waals surface area contributed by atoms with Gasteiger partial charge in [0.1, 0.15) is 5.82 Å². The Morgan fingerprint density at radius 1 is 1.50 bits per heavy atom. The fourth-order valence-electron chi connectivity index (χ4n) is 0.961. The average Bonchev–Trinajstić information content (AvgIpc) is 2.22. The molecule has 0 atom stereocenters. The molecule has 1 aromatic carbocycles. The van der Waals surface area contributed by atoms with Gasteiger partial charge in [-0.05, 0) is 25.1 Å². The molecule has 0 aliphatic carbocycles. The molecule has 86 valence electrons. The topological polar surface area (TPSA) is 55.4 Å². The molecule has 0 radical (unpaired) electrons. The quantitative estimate of drug-likeness (QED) is 0.640. The highest BCUT2D eigenvalue weighted by Gasteiger charge is 2.16. The lowest BCUT2D eigenvalue weighted by Crippen LogP contribution is -2.25. The number of nitrogens with one attached hydrogen (secondary N) is 1. The van der Waals surface area contributed by atoms with Crippen LogP contribution in [0.4, 0.5) is 10.1 Å². The fourth-order valence-corrected chi connectivity index (χ4v) is 1.12. The number of carbonyl (C=O) groups is 2. The Morgan fingerprint density at radius 2 is 2.19 bits per heavy atom. The summed E-state index contributed by atoms with van der Waals surface area (Å²) in [5.74, 6) is -2.80. The second-order valence-corrected chi connectivity index (χ2v) is 3.24. The molecular weight excluding hydrogens is 237 g/mol. The second kappa shape index (κ2) is 5.46. The number of amides is 1. The molecule has 4 nitrogen and oxygen atoms in total. The van der Waals surface area contributed by atoms with Crippen LogP contribution in [0.5, 0.6) is 0 Å². The summed E-state index contributed by atoms with van der Waals surface area (Å²) < 4.78 is 17.6. The SMILES string of the molecule is CCOC(=O)C(=O)Nc1ccc(Cl)cc1F. The molecule has 1 rings (SSSR count). The van der Waals surface area contributed by atoms with Crippen molar-refractivity contribution in [3.8, 4) is 0 Å². The van der Waals surface area contributed by atoms with E-state index in [2.05, 4.69) is 10.1 Å². The van der Waals surface area contributed by atoms with Crippen LogP contribution in [-0.2, 0) is 14.3 Å². The predicted molar refractivity (Wildman–Crippen MR) is 56.7 cm³/mol. The molecule has 6 heteroatoms. The molecule has 0 fully saturated rings. The summed E-state index contributed by atoms with van der Waals surface area (Å²) in [5.41, 5.74) is -0.123. The van der Waals surface area contributed by atoms with E-state index in [0.29, 0.717) is 0 Å². The first-order valence-corrected chi connectivity index (χ1v) is 4.85. The first-order valence-electron chi connectivity index (χ1n) is 4.47. The molecule has 1 amide bonds. The van der Waals surface area contributed by atoms with Crippen molar-refractivity contribution in [1.29, 1.82) is 0 Å². The van der Waals surface area contributed by atoms with Gasteiger partial charge in [-0.2, -0.15) is 0 Å². The highest BCUT2D eigenvalue weighted by Crippen LogP contribution is 2.18. The van der Waals surface area contributed by atoms with Crippen LogP contribution in [0, 0.1) is 5.82 Å². The number of hydrogen-bond donors (Lipinski definition) is 1. The van der Waals surface area contributed by atoms with Crippen molar-refractivity contribution in [3.05, 3.63) is 29.0 Å². The molecule has 0 bridgehead atoms. The van der Waals surface area contributed by atoms with E-state index in [-0.39, 0.29) is 17.3 Å². The van der Waals surface area contributed by atoms with Crippen molar-refractivity contribution in [1.82, 2.24) is 0 Å². The van der Waals surface area contributed by atoms with Gasteiger partial charge >= 0.3 is 11.9 Å². The van der Waals surface area contributed by atoms with Gasteiger partial charge in [0.05, 0.1) is 12.3 Å². The standard InChI is InChI=1S/C10H9ClFNO3/c1-2-16-10(15)9(14)13-8-4-3-6(11)5-7(8)12/h3-5H,2H2,1H3,(H,13,14). The largest absolute Gasteiger partial charge is 0.459 e. The molecule has 1 aromatic rings. The van der Waals surface area contributed by atoms with Crippen molar-refractivity contribution >= 4 is 29.2 Å². The van der Waals surface area contributed by atoms with Crippen LogP contribution in [0.15, 0.2) is 18.2 Å². The van der Waals surface area contributed by atoms with E-state index in [9.17, 15) is 14.0 Å². The number of anilines is 1. The number of ether oxygens (including phenoxy) is 1. The Balaban J connectivity index is 2.73. The Kier molecular flexibility index (Phi) is 4.25. The Bertz CT molecular complexity index is 423. The molecular formula is C10H9ClFNO3. The maximum absolute atomic E-state index is 13.2. The van der Waals surface area contributed by atoms with Crippen LogP contribution in [0.2, 0.25) is 5.02 Å². The third kappa shape index (κ3) is 3.20. The average molecular weight is 246 g/mol. The second-order valence-electron chi connectivity index (χ2n) is 2.80. The van der Waals surface area contributed by atoms with Crippen molar-refractivity contribution in [2.45, 2.75) is 6.92 Å². The van der Waals surface area contributed by atoms with Crippen molar-refractivity contribution in [3.63, 3.8) is 0 Å². The lowest BCUT2D eigenvalue weighted by molar-refractivity contribution is -0.152. The Labute approximate surface area is 96.3 Å². The first-order chi connectivity index (χ1) is 7.54. The van der Waals surface area contributed by atoms with Crippen molar-refractivity contribution in [2.75, 3.05) is 11.9 Å². The summed E-state index contributed by atoms with van der Waals surface area (Å²) in [6.07, 6.45) is 0. The van der Waals surface area contributed by atoms with Gasteiger partial charge in [-0.1, -0.05) is 11.6 Å². The number of esters is 1. The van der Waals surface area contributed by atoms with Gasteiger partial charge in [-0.3, -0.25) is 4.79 Å². The summed E-state index contributed by atoms with van der Waals surface area (Å²) >= 11 is 5.52. The highest BCUT2D eigenvalue weighted by atomic mass is 35.5. The van der Waals surface area contributed by atoms with Crippen LogP contribution in [0.3, 0.4) is 0 Å². The molecule has 0 saturated heterocycles. The van der Waals surface area contributed by atoms with Crippen molar-refractivity contribution < 1.29 is 18.7 Å². The van der Waals surface area contributed by atoms with Crippen molar-refractivity contribution in [2.24, 2.45) is 0 Å². The molecule has 0 spiro atoms. The van der Waals surface area contributed by atoms with Crippen LogP contribution in [0.25, 0.3) is 0 Å². The van der Waals surface area contributed by atoms with E-state index in [1.165, 1.54) is 12.1 Å². The Morgan fingerprint density at radius 3 is 2.75 bits per heavy atom. The minimum absolute atomic E-state index is 0.0787. The van der Waals surface area contributed by atoms with Gasteiger partial charge < -0.3 is 10.1 Å². The maximum atomic E-state index is 13.2. The van der Waals surface area contributed by atoms with E-state index in [1.807, 2.05) is 0 Å². The number of halogens is 2. The summed E-state index contributed by atoms with van der Waals surface area (Å²) in [4.78, 5) is 22.1. The normalized spacial score (nSPS) is 9.69. The van der Waals surface area contributed by atoms with E-state index in [1.54, 1.807) is 6.92 Å². The maximum Gasteiger partial charge on any atom is 0.397 e. The highest BCUT2D eigenvalue weighted by molar-refractivity contribution is 6.37. The van der Waals surface area contributed by atoms with Gasteiger partial charge in [0.2, 0.25) is 0 Å². The van der Waals surface area contributed by atoms with Crippen LogP contribution in [0.1, 0.15) is 6.92 Å². The van der Waals surface area contributed by atoms with E-state index < -0.39 is 17.7 Å².